The van der Waals surface area contributed by atoms with Gasteiger partial charge in [0.2, 0.25) is 10.0 Å². The van der Waals surface area contributed by atoms with Crippen molar-refractivity contribution in [1.82, 2.24) is 4.72 Å². The molecule has 1 aromatic rings. The lowest BCUT2D eigenvalue weighted by Gasteiger charge is -2.09. The first-order valence-electron chi connectivity index (χ1n) is 4.93. The Morgan fingerprint density at radius 1 is 1.38 bits per heavy atom. The summed E-state index contributed by atoms with van der Waals surface area (Å²) in [5.74, 6) is 0.529. The molecule has 0 amide bonds. The molecule has 0 aliphatic rings. The van der Waals surface area contributed by atoms with E-state index in [2.05, 4.69) is 20.7 Å². The first kappa shape index (κ1) is 13.5. The molecule has 0 spiro atoms. The predicted molar refractivity (Wildman–Crippen MR) is 66.2 cm³/mol. The van der Waals surface area contributed by atoms with Crippen molar-refractivity contribution in [3.05, 3.63) is 22.7 Å². The van der Waals surface area contributed by atoms with Gasteiger partial charge in [-0.15, -0.1) is 0 Å². The van der Waals surface area contributed by atoms with Crippen LogP contribution in [0.1, 0.15) is 13.8 Å². The lowest BCUT2D eigenvalue weighted by molar-refractivity contribution is 0.337. The van der Waals surface area contributed by atoms with Gasteiger partial charge >= 0.3 is 0 Å². The van der Waals surface area contributed by atoms with Gasteiger partial charge in [-0.25, -0.2) is 13.1 Å². The number of nitrogens with one attached hydrogen (secondary N) is 1. The molecule has 0 saturated carbocycles. The maximum atomic E-state index is 11.7. The van der Waals surface area contributed by atoms with Gasteiger partial charge in [0.25, 0.3) is 0 Å². The van der Waals surface area contributed by atoms with Crippen molar-refractivity contribution in [3.8, 4) is 5.75 Å². The highest BCUT2D eigenvalue weighted by Crippen LogP contribution is 2.27. The fourth-order valence-corrected chi connectivity index (χ4v) is 2.61. The lowest BCUT2D eigenvalue weighted by atomic mass is 10.3. The number of hydrogen-bond donors (Lipinski definition) is 1. The van der Waals surface area contributed by atoms with Crippen molar-refractivity contribution in [3.63, 3.8) is 0 Å². The largest absolute Gasteiger partial charge is 0.493 e. The van der Waals surface area contributed by atoms with Crippen LogP contribution in [0.4, 0.5) is 0 Å². The second-order valence-corrected chi connectivity index (χ2v) is 5.65. The van der Waals surface area contributed by atoms with Gasteiger partial charge in [0.15, 0.2) is 0 Å². The van der Waals surface area contributed by atoms with E-state index >= 15 is 0 Å². The van der Waals surface area contributed by atoms with Crippen molar-refractivity contribution in [2.75, 3.05) is 13.2 Å². The van der Waals surface area contributed by atoms with E-state index < -0.39 is 10.0 Å². The molecule has 0 bridgehead atoms. The molecule has 0 atom stereocenters. The summed E-state index contributed by atoms with van der Waals surface area (Å²) in [6.45, 7) is 4.43. The van der Waals surface area contributed by atoms with Gasteiger partial charge in [0, 0.05) is 12.6 Å². The molecule has 0 aliphatic heterocycles. The number of ether oxygens (including phenoxy) is 1. The number of sulfonamides is 1. The van der Waals surface area contributed by atoms with Crippen molar-refractivity contribution >= 4 is 26.0 Å². The van der Waals surface area contributed by atoms with Crippen LogP contribution in [0.25, 0.3) is 0 Å². The zero-order valence-electron chi connectivity index (χ0n) is 9.16. The second kappa shape index (κ2) is 5.65. The van der Waals surface area contributed by atoms with E-state index in [0.717, 1.165) is 4.47 Å². The highest BCUT2D eigenvalue weighted by molar-refractivity contribution is 9.10. The van der Waals surface area contributed by atoms with E-state index in [9.17, 15) is 8.42 Å². The van der Waals surface area contributed by atoms with Crippen LogP contribution in [-0.2, 0) is 10.0 Å². The topological polar surface area (TPSA) is 55.4 Å². The van der Waals surface area contributed by atoms with E-state index in [-0.39, 0.29) is 4.90 Å². The molecular weight excluding hydrogens is 294 g/mol. The molecule has 1 aromatic carbocycles. The molecule has 0 radical (unpaired) electrons. The average Bonchev–Trinajstić information content (AvgIpc) is 2.21. The average molecular weight is 308 g/mol. The molecule has 0 fully saturated rings. The monoisotopic (exact) mass is 307 g/mol. The third-order valence-corrected chi connectivity index (χ3v) is 4.05. The van der Waals surface area contributed by atoms with Crippen LogP contribution in [-0.4, -0.2) is 21.6 Å². The zero-order valence-corrected chi connectivity index (χ0v) is 11.6. The zero-order chi connectivity index (χ0) is 12.2. The molecule has 1 rings (SSSR count). The van der Waals surface area contributed by atoms with Crippen molar-refractivity contribution in [1.29, 1.82) is 0 Å². The van der Waals surface area contributed by atoms with Crippen LogP contribution >= 0.6 is 15.9 Å². The Hall–Kier alpha value is -0.590. The van der Waals surface area contributed by atoms with Crippen LogP contribution in [0.3, 0.4) is 0 Å². The first-order chi connectivity index (χ1) is 7.51. The second-order valence-electron chi connectivity index (χ2n) is 3.03. The molecular formula is C10H14BrNO3S. The summed E-state index contributed by atoms with van der Waals surface area (Å²) in [7, 11) is -3.42. The standard InChI is InChI=1S/C10H14BrNO3S/c1-3-12-16(13,14)8-5-6-9(11)10(7-8)15-4-2/h5-7,12H,3-4H2,1-2H3. The summed E-state index contributed by atoms with van der Waals surface area (Å²) in [5.41, 5.74) is 0. The lowest BCUT2D eigenvalue weighted by Crippen LogP contribution is -2.23. The fraction of sp³-hybridized carbons (Fsp3) is 0.400. The van der Waals surface area contributed by atoms with Gasteiger partial charge in [-0.1, -0.05) is 6.92 Å². The van der Waals surface area contributed by atoms with Crippen LogP contribution in [0, 0.1) is 0 Å². The minimum Gasteiger partial charge on any atom is -0.493 e. The SMILES string of the molecule is CCNS(=O)(=O)c1ccc(Br)c(OCC)c1. The van der Waals surface area contributed by atoms with Gasteiger partial charge in [0.05, 0.1) is 16.0 Å². The molecule has 6 heteroatoms. The summed E-state index contributed by atoms with van der Waals surface area (Å²) in [6, 6.07) is 4.70. The Morgan fingerprint density at radius 3 is 2.62 bits per heavy atom. The van der Waals surface area contributed by atoms with Crippen LogP contribution in [0.15, 0.2) is 27.6 Å². The van der Waals surface area contributed by atoms with Crippen molar-refractivity contribution < 1.29 is 13.2 Å². The fourth-order valence-electron chi connectivity index (χ4n) is 1.19. The molecule has 0 unspecified atom stereocenters. The summed E-state index contributed by atoms with van der Waals surface area (Å²) < 4.78 is 31.9. The van der Waals surface area contributed by atoms with Gasteiger partial charge in [-0.3, -0.25) is 0 Å². The Kier molecular flexibility index (Phi) is 4.76. The minimum atomic E-state index is -3.42. The molecule has 1 N–H and O–H groups in total. The minimum absolute atomic E-state index is 0.209. The normalized spacial score (nSPS) is 11.4. The Morgan fingerprint density at radius 2 is 2.06 bits per heavy atom. The third kappa shape index (κ3) is 3.20. The van der Waals surface area contributed by atoms with E-state index in [4.69, 9.17) is 4.74 Å². The molecule has 0 aromatic heterocycles. The maximum absolute atomic E-state index is 11.7. The molecule has 0 aliphatic carbocycles. The van der Waals surface area contributed by atoms with E-state index in [1.54, 1.807) is 13.0 Å². The van der Waals surface area contributed by atoms with Gasteiger partial charge in [-0.05, 0) is 35.0 Å². The number of benzene rings is 1. The highest BCUT2D eigenvalue weighted by atomic mass is 79.9. The van der Waals surface area contributed by atoms with E-state index in [0.29, 0.717) is 18.9 Å². The summed E-state index contributed by atoms with van der Waals surface area (Å²) in [5, 5.41) is 0. The Balaban J connectivity index is 3.12. The highest BCUT2D eigenvalue weighted by Gasteiger charge is 2.14. The molecule has 0 saturated heterocycles. The Labute approximate surface area is 104 Å². The quantitative estimate of drug-likeness (QED) is 0.907. The smallest absolute Gasteiger partial charge is 0.240 e. The first-order valence-corrected chi connectivity index (χ1v) is 7.21. The molecule has 90 valence electrons. The van der Waals surface area contributed by atoms with Gasteiger partial charge in [-0.2, -0.15) is 0 Å². The summed E-state index contributed by atoms with van der Waals surface area (Å²) in [6.07, 6.45) is 0. The maximum Gasteiger partial charge on any atom is 0.240 e. The van der Waals surface area contributed by atoms with Crippen molar-refractivity contribution in [2.24, 2.45) is 0 Å². The molecule has 0 heterocycles. The predicted octanol–water partition coefficient (Wildman–Crippen LogP) is 2.15. The third-order valence-electron chi connectivity index (χ3n) is 1.85. The Bertz CT molecular complexity index is 459. The van der Waals surface area contributed by atoms with E-state index in [1.807, 2.05) is 6.92 Å². The van der Waals surface area contributed by atoms with Gasteiger partial charge in [0.1, 0.15) is 5.75 Å². The van der Waals surface area contributed by atoms with Crippen LogP contribution in [0.2, 0.25) is 0 Å². The number of hydrogen-bond acceptors (Lipinski definition) is 3. The number of halogens is 1. The van der Waals surface area contributed by atoms with Crippen LogP contribution in [0.5, 0.6) is 5.75 Å². The molecule has 16 heavy (non-hydrogen) atoms. The summed E-state index contributed by atoms with van der Waals surface area (Å²) in [4.78, 5) is 0.209. The van der Waals surface area contributed by atoms with Gasteiger partial charge < -0.3 is 4.74 Å². The van der Waals surface area contributed by atoms with Crippen molar-refractivity contribution in [2.45, 2.75) is 18.7 Å². The number of rotatable bonds is 5. The van der Waals surface area contributed by atoms with Crippen LogP contribution < -0.4 is 9.46 Å². The summed E-state index contributed by atoms with van der Waals surface area (Å²) >= 11 is 3.30. The van der Waals surface area contributed by atoms with E-state index in [1.165, 1.54) is 12.1 Å². The molecule has 4 nitrogen and oxygen atoms in total.